The molecule has 0 saturated carbocycles. The van der Waals surface area contributed by atoms with Crippen molar-refractivity contribution in [2.24, 2.45) is 5.92 Å². The van der Waals surface area contributed by atoms with Gasteiger partial charge >= 0.3 is 0 Å². The van der Waals surface area contributed by atoms with Gasteiger partial charge in [0.05, 0.1) is 4.92 Å². The number of rotatable bonds is 4. The fraction of sp³-hybridized carbons (Fsp3) is 0.538. The molecule has 1 aliphatic heterocycles. The second-order valence-electron chi connectivity index (χ2n) is 5.23. The number of nitrogens with zero attached hydrogens (tertiary/aromatic N) is 2. The van der Waals surface area contributed by atoms with Gasteiger partial charge in [0.1, 0.15) is 0 Å². The van der Waals surface area contributed by atoms with Gasteiger partial charge in [-0.15, -0.1) is 0 Å². The van der Waals surface area contributed by atoms with Crippen LogP contribution in [0.1, 0.15) is 18.4 Å². The van der Waals surface area contributed by atoms with Gasteiger partial charge in [0.25, 0.3) is 5.69 Å². The summed E-state index contributed by atoms with van der Waals surface area (Å²) in [5, 5.41) is 20.3. The van der Waals surface area contributed by atoms with Gasteiger partial charge in [-0.3, -0.25) is 10.1 Å². The van der Waals surface area contributed by atoms with Crippen LogP contribution in [-0.2, 0) is 10.0 Å². The van der Waals surface area contributed by atoms with E-state index in [1.54, 1.807) is 13.0 Å². The van der Waals surface area contributed by atoms with Gasteiger partial charge < -0.3 is 5.11 Å². The Balaban J connectivity index is 2.47. The highest BCUT2D eigenvalue weighted by atomic mass is 32.2. The van der Waals surface area contributed by atoms with Gasteiger partial charge in [0.2, 0.25) is 10.0 Å². The standard InChI is InChI=1S/C13H18N2O5S/c1-10-4-2-6-12(15(17)18)13(10)21(19,20)14-7-3-5-11(8-14)9-16/h2,4,6,11,16H,3,5,7-9H2,1H3. The predicted molar refractivity (Wildman–Crippen MR) is 76.4 cm³/mol. The molecule has 116 valence electrons. The minimum absolute atomic E-state index is 0.0815. The molecule has 1 N–H and O–H groups in total. The van der Waals surface area contributed by atoms with Crippen LogP contribution in [0.15, 0.2) is 23.1 Å². The summed E-state index contributed by atoms with van der Waals surface area (Å²) >= 11 is 0. The largest absolute Gasteiger partial charge is 0.396 e. The summed E-state index contributed by atoms with van der Waals surface area (Å²) in [6.07, 6.45) is 1.41. The first-order valence-corrected chi connectivity index (χ1v) is 8.17. The molecule has 7 nitrogen and oxygen atoms in total. The van der Waals surface area contributed by atoms with Crippen molar-refractivity contribution in [3.63, 3.8) is 0 Å². The molecule has 0 amide bonds. The Bertz CT molecular complexity index is 644. The molecule has 1 aromatic carbocycles. The summed E-state index contributed by atoms with van der Waals surface area (Å²) in [6.45, 7) is 1.99. The molecule has 0 bridgehead atoms. The monoisotopic (exact) mass is 314 g/mol. The van der Waals surface area contributed by atoms with Gasteiger partial charge in [0, 0.05) is 25.8 Å². The molecule has 1 unspecified atom stereocenters. The molecule has 1 saturated heterocycles. The Hall–Kier alpha value is -1.51. The zero-order valence-electron chi connectivity index (χ0n) is 11.7. The first-order valence-electron chi connectivity index (χ1n) is 6.73. The third-order valence-corrected chi connectivity index (χ3v) is 5.78. The summed E-state index contributed by atoms with van der Waals surface area (Å²) in [6, 6.07) is 4.22. The maximum absolute atomic E-state index is 12.7. The average Bonchev–Trinajstić information content (AvgIpc) is 2.46. The van der Waals surface area contributed by atoms with Crippen LogP contribution in [-0.4, -0.2) is 42.4 Å². The first kappa shape index (κ1) is 15.9. The minimum atomic E-state index is -3.93. The highest BCUT2D eigenvalue weighted by Crippen LogP contribution is 2.31. The number of aliphatic hydroxyl groups excluding tert-OH is 1. The lowest BCUT2D eigenvalue weighted by atomic mass is 10.0. The number of piperidine rings is 1. The first-order chi connectivity index (χ1) is 9.87. The van der Waals surface area contributed by atoms with E-state index in [1.807, 2.05) is 0 Å². The molecule has 0 aliphatic carbocycles. The average molecular weight is 314 g/mol. The van der Waals surface area contributed by atoms with Crippen molar-refractivity contribution in [2.75, 3.05) is 19.7 Å². The third kappa shape index (κ3) is 3.07. The molecule has 0 radical (unpaired) electrons. The molecule has 1 aliphatic rings. The molecule has 21 heavy (non-hydrogen) atoms. The molecule has 2 rings (SSSR count). The molecule has 1 aromatic rings. The van der Waals surface area contributed by atoms with Crippen LogP contribution in [0.5, 0.6) is 0 Å². The maximum Gasteiger partial charge on any atom is 0.289 e. The maximum atomic E-state index is 12.7. The Morgan fingerprint density at radius 3 is 2.81 bits per heavy atom. The van der Waals surface area contributed by atoms with Gasteiger partial charge in [-0.1, -0.05) is 12.1 Å². The molecular weight excluding hydrogens is 296 g/mol. The lowest BCUT2D eigenvalue weighted by Gasteiger charge is -2.31. The number of aryl methyl sites for hydroxylation is 1. The zero-order chi connectivity index (χ0) is 15.6. The van der Waals surface area contributed by atoms with Gasteiger partial charge in [-0.05, 0) is 31.2 Å². The minimum Gasteiger partial charge on any atom is -0.396 e. The quantitative estimate of drug-likeness (QED) is 0.667. The number of sulfonamides is 1. The van der Waals surface area contributed by atoms with Crippen molar-refractivity contribution in [2.45, 2.75) is 24.7 Å². The Morgan fingerprint density at radius 2 is 2.19 bits per heavy atom. The summed E-state index contributed by atoms with van der Waals surface area (Å²) in [5.41, 5.74) is -0.0450. The van der Waals surface area contributed by atoms with E-state index >= 15 is 0 Å². The van der Waals surface area contributed by atoms with Crippen LogP contribution in [0, 0.1) is 23.0 Å². The van der Waals surface area contributed by atoms with Crippen LogP contribution >= 0.6 is 0 Å². The summed E-state index contributed by atoms with van der Waals surface area (Å²) in [4.78, 5) is 10.2. The topological polar surface area (TPSA) is 101 Å². The van der Waals surface area contributed by atoms with Crippen LogP contribution in [0.25, 0.3) is 0 Å². The van der Waals surface area contributed by atoms with Crippen molar-refractivity contribution in [3.8, 4) is 0 Å². The second kappa shape index (κ2) is 6.08. The van der Waals surface area contributed by atoms with Crippen molar-refractivity contribution < 1.29 is 18.4 Å². The summed E-state index contributed by atoms with van der Waals surface area (Å²) in [5.74, 6) is -0.114. The van der Waals surface area contributed by atoms with E-state index in [0.717, 1.165) is 6.42 Å². The molecule has 1 fully saturated rings. The lowest BCUT2D eigenvalue weighted by Crippen LogP contribution is -2.41. The number of hydrogen-bond donors (Lipinski definition) is 1. The number of nitro groups is 1. The fourth-order valence-corrected chi connectivity index (χ4v) is 4.56. The van der Waals surface area contributed by atoms with E-state index in [9.17, 15) is 23.6 Å². The second-order valence-corrected chi connectivity index (χ2v) is 7.11. The van der Waals surface area contributed by atoms with Crippen molar-refractivity contribution in [3.05, 3.63) is 33.9 Å². The van der Waals surface area contributed by atoms with Crippen LogP contribution < -0.4 is 0 Å². The highest BCUT2D eigenvalue weighted by Gasteiger charge is 2.35. The smallest absolute Gasteiger partial charge is 0.289 e. The number of benzene rings is 1. The normalized spacial score (nSPS) is 20.4. The molecule has 1 atom stereocenters. The fourth-order valence-electron chi connectivity index (χ4n) is 2.64. The number of aliphatic hydroxyl groups is 1. The van der Waals surface area contributed by atoms with Crippen molar-refractivity contribution in [1.82, 2.24) is 4.31 Å². The molecule has 0 spiro atoms. The van der Waals surface area contributed by atoms with Crippen LogP contribution in [0.2, 0.25) is 0 Å². The summed E-state index contributed by atoms with van der Waals surface area (Å²) < 4.78 is 26.7. The molecule has 8 heteroatoms. The van der Waals surface area contributed by atoms with Crippen molar-refractivity contribution >= 4 is 15.7 Å². The van der Waals surface area contributed by atoms with Crippen LogP contribution in [0.4, 0.5) is 5.69 Å². The highest BCUT2D eigenvalue weighted by molar-refractivity contribution is 7.89. The Kier molecular flexibility index (Phi) is 4.60. The third-order valence-electron chi connectivity index (χ3n) is 3.73. The van der Waals surface area contributed by atoms with Crippen LogP contribution in [0.3, 0.4) is 0 Å². The Labute approximate surface area is 123 Å². The van der Waals surface area contributed by atoms with E-state index in [4.69, 9.17) is 0 Å². The van der Waals surface area contributed by atoms with E-state index in [2.05, 4.69) is 0 Å². The zero-order valence-corrected chi connectivity index (χ0v) is 12.5. The predicted octanol–water partition coefficient (Wildman–Crippen LogP) is 1.30. The van der Waals surface area contributed by atoms with Gasteiger partial charge in [-0.25, -0.2) is 8.42 Å². The lowest BCUT2D eigenvalue weighted by molar-refractivity contribution is -0.387. The molecular formula is C13H18N2O5S. The Morgan fingerprint density at radius 1 is 1.48 bits per heavy atom. The van der Waals surface area contributed by atoms with Gasteiger partial charge in [0.15, 0.2) is 4.90 Å². The van der Waals surface area contributed by atoms with E-state index in [1.165, 1.54) is 16.4 Å². The molecule has 1 heterocycles. The number of nitro benzene ring substituents is 1. The molecule has 0 aromatic heterocycles. The van der Waals surface area contributed by atoms with Crippen molar-refractivity contribution in [1.29, 1.82) is 0 Å². The van der Waals surface area contributed by atoms with E-state index in [-0.39, 0.29) is 24.0 Å². The van der Waals surface area contributed by atoms with Gasteiger partial charge in [-0.2, -0.15) is 4.31 Å². The van der Waals surface area contributed by atoms with E-state index in [0.29, 0.717) is 18.5 Å². The SMILES string of the molecule is Cc1cccc([N+](=O)[O-])c1S(=O)(=O)N1CCCC(CO)C1. The number of hydrogen-bond acceptors (Lipinski definition) is 5. The summed E-state index contributed by atoms with van der Waals surface area (Å²) in [7, 11) is -3.93. The van der Waals surface area contributed by atoms with E-state index < -0.39 is 20.6 Å².